The van der Waals surface area contributed by atoms with Gasteiger partial charge in [0.15, 0.2) is 0 Å². The Balaban J connectivity index is 1.43. The maximum absolute atomic E-state index is 9.78. The molecule has 0 saturated heterocycles. The van der Waals surface area contributed by atoms with E-state index in [1.165, 1.54) is 0 Å². The van der Waals surface area contributed by atoms with Crippen molar-refractivity contribution in [2.24, 2.45) is 0 Å². The number of aryl methyl sites for hydroxylation is 1. The van der Waals surface area contributed by atoms with Gasteiger partial charge in [-0.15, -0.1) is 5.10 Å². The summed E-state index contributed by atoms with van der Waals surface area (Å²) in [5.74, 6) is 0. The van der Waals surface area contributed by atoms with Gasteiger partial charge in [0, 0.05) is 6.54 Å². The first-order valence-electron chi connectivity index (χ1n) is 6.97. The molecule has 0 bridgehead atoms. The maximum Gasteiger partial charge on any atom is 0.108 e. The van der Waals surface area contributed by atoms with Crippen molar-refractivity contribution in [3.05, 3.63) is 47.8 Å². The Kier molecular flexibility index (Phi) is 3.80. The minimum atomic E-state index is -0.435. The Hall–Kier alpha value is -1.72. The lowest BCUT2D eigenvalue weighted by Crippen LogP contribution is -2.11. The summed E-state index contributed by atoms with van der Waals surface area (Å²) in [4.78, 5) is 0. The summed E-state index contributed by atoms with van der Waals surface area (Å²) in [7, 11) is 0. The molecule has 2 aromatic rings. The van der Waals surface area contributed by atoms with Crippen LogP contribution in [0.15, 0.2) is 36.5 Å². The molecule has 1 aromatic carbocycles. The van der Waals surface area contributed by atoms with Gasteiger partial charge in [-0.1, -0.05) is 35.5 Å². The minimum Gasteiger partial charge on any atom is -0.390 e. The van der Waals surface area contributed by atoms with Crippen LogP contribution in [0.3, 0.4) is 0 Å². The van der Waals surface area contributed by atoms with Crippen LogP contribution < -0.4 is 0 Å². The second-order valence-electron chi connectivity index (χ2n) is 5.43. The molecular weight excluding hydrogens is 254 g/mol. The molecule has 1 aliphatic rings. The van der Waals surface area contributed by atoms with E-state index in [0.717, 1.165) is 30.5 Å². The van der Waals surface area contributed by atoms with Crippen molar-refractivity contribution in [2.75, 3.05) is 0 Å². The van der Waals surface area contributed by atoms with Gasteiger partial charge < -0.3 is 9.84 Å². The fourth-order valence-corrected chi connectivity index (χ4v) is 2.08. The molecule has 1 N–H and O–H groups in total. The third-order valence-corrected chi connectivity index (χ3v) is 3.58. The van der Waals surface area contributed by atoms with Crippen LogP contribution in [0.2, 0.25) is 0 Å². The molecule has 0 spiro atoms. The third-order valence-electron chi connectivity index (χ3n) is 3.58. The Labute approximate surface area is 118 Å². The highest BCUT2D eigenvalue weighted by atomic mass is 16.5. The molecule has 1 aliphatic carbocycles. The second kappa shape index (κ2) is 5.73. The Morgan fingerprint density at radius 3 is 2.75 bits per heavy atom. The molecule has 1 fully saturated rings. The van der Waals surface area contributed by atoms with Gasteiger partial charge in [-0.3, -0.25) is 4.68 Å². The Morgan fingerprint density at radius 2 is 2.00 bits per heavy atom. The molecule has 3 rings (SSSR count). The van der Waals surface area contributed by atoms with Gasteiger partial charge in [0.2, 0.25) is 0 Å². The van der Waals surface area contributed by atoms with Crippen molar-refractivity contribution in [1.82, 2.24) is 15.0 Å². The zero-order valence-corrected chi connectivity index (χ0v) is 11.4. The van der Waals surface area contributed by atoms with Gasteiger partial charge in [-0.05, 0) is 24.8 Å². The lowest BCUT2D eigenvalue weighted by Gasteiger charge is -2.05. The van der Waals surface area contributed by atoms with Crippen LogP contribution in [0.5, 0.6) is 0 Å². The lowest BCUT2D eigenvalue weighted by molar-refractivity contribution is 0.104. The highest BCUT2D eigenvalue weighted by molar-refractivity contribution is 5.13. The van der Waals surface area contributed by atoms with E-state index in [2.05, 4.69) is 10.3 Å². The minimum absolute atomic E-state index is 0.435. The molecule has 1 saturated carbocycles. The van der Waals surface area contributed by atoms with Gasteiger partial charge in [-0.25, -0.2) is 0 Å². The number of hydrogen-bond donors (Lipinski definition) is 1. The molecule has 5 heteroatoms. The van der Waals surface area contributed by atoms with Gasteiger partial charge in [0.05, 0.1) is 25.0 Å². The van der Waals surface area contributed by atoms with E-state index < -0.39 is 5.60 Å². The summed E-state index contributed by atoms with van der Waals surface area (Å²) in [5.41, 5.74) is 1.54. The van der Waals surface area contributed by atoms with Crippen molar-refractivity contribution >= 4 is 0 Å². The van der Waals surface area contributed by atoms with Crippen molar-refractivity contribution < 1.29 is 9.84 Å². The maximum atomic E-state index is 9.78. The molecular formula is C15H19N3O2. The van der Waals surface area contributed by atoms with Gasteiger partial charge in [0.25, 0.3) is 0 Å². The van der Waals surface area contributed by atoms with Gasteiger partial charge >= 0.3 is 0 Å². The highest BCUT2D eigenvalue weighted by Gasteiger charge is 2.39. The van der Waals surface area contributed by atoms with E-state index in [4.69, 9.17) is 4.74 Å². The van der Waals surface area contributed by atoms with Crippen LogP contribution in [-0.2, 0) is 24.5 Å². The van der Waals surface area contributed by atoms with Gasteiger partial charge in [-0.2, -0.15) is 0 Å². The molecule has 106 valence electrons. The number of aliphatic hydroxyl groups is 1. The largest absolute Gasteiger partial charge is 0.390 e. The SMILES string of the molecule is OC1(CCn2cc(COCc3ccccc3)nn2)CC1. The summed E-state index contributed by atoms with van der Waals surface area (Å²) in [6.07, 6.45) is 4.46. The van der Waals surface area contributed by atoms with Crippen molar-refractivity contribution in [3.8, 4) is 0 Å². The fourth-order valence-electron chi connectivity index (χ4n) is 2.08. The molecule has 1 aromatic heterocycles. The molecule has 0 unspecified atom stereocenters. The Morgan fingerprint density at radius 1 is 1.20 bits per heavy atom. The summed E-state index contributed by atoms with van der Waals surface area (Å²) >= 11 is 0. The standard InChI is InChI=1S/C15H19N3O2/c19-15(6-7-15)8-9-18-10-14(16-17-18)12-20-11-13-4-2-1-3-5-13/h1-5,10,19H,6-9,11-12H2. The second-order valence-corrected chi connectivity index (χ2v) is 5.43. The number of nitrogens with zero attached hydrogens (tertiary/aromatic N) is 3. The number of benzene rings is 1. The summed E-state index contributed by atoms with van der Waals surface area (Å²) in [6, 6.07) is 10.1. The van der Waals surface area contributed by atoms with Gasteiger partial charge in [0.1, 0.15) is 5.69 Å². The van der Waals surface area contributed by atoms with Crippen LogP contribution in [-0.4, -0.2) is 25.7 Å². The average molecular weight is 273 g/mol. The van der Waals surface area contributed by atoms with Crippen LogP contribution in [0.25, 0.3) is 0 Å². The van der Waals surface area contributed by atoms with Crippen molar-refractivity contribution in [3.63, 3.8) is 0 Å². The average Bonchev–Trinajstić information content (AvgIpc) is 3.03. The van der Waals surface area contributed by atoms with E-state index in [1.54, 1.807) is 4.68 Å². The van der Waals surface area contributed by atoms with Crippen LogP contribution in [0, 0.1) is 0 Å². The molecule has 1 heterocycles. The predicted octanol–water partition coefficient (Wildman–Crippen LogP) is 1.91. The first-order valence-corrected chi connectivity index (χ1v) is 6.97. The monoisotopic (exact) mass is 273 g/mol. The van der Waals surface area contributed by atoms with Crippen LogP contribution >= 0.6 is 0 Å². The molecule has 5 nitrogen and oxygen atoms in total. The zero-order chi connectivity index (χ0) is 13.8. The highest BCUT2D eigenvalue weighted by Crippen LogP contribution is 2.38. The van der Waals surface area contributed by atoms with Crippen LogP contribution in [0.4, 0.5) is 0 Å². The van der Waals surface area contributed by atoms with E-state index in [-0.39, 0.29) is 0 Å². The molecule has 0 radical (unpaired) electrons. The normalized spacial score (nSPS) is 16.2. The van der Waals surface area contributed by atoms with E-state index in [1.807, 2.05) is 36.5 Å². The summed E-state index contributed by atoms with van der Waals surface area (Å²) in [6.45, 7) is 1.74. The number of ether oxygens (including phenoxy) is 1. The molecule has 0 amide bonds. The van der Waals surface area contributed by atoms with Crippen molar-refractivity contribution in [1.29, 1.82) is 0 Å². The summed E-state index contributed by atoms with van der Waals surface area (Å²) < 4.78 is 7.39. The first-order chi connectivity index (χ1) is 9.73. The van der Waals surface area contributed by atoms with E-state index in [9.17, 15) is 5.11 Å². The zero-order valence-electron chi connectivity index (χ0n) is 11.4. The summed E-state index contributed by atoms with van der Waals surface area (Å²) in [5, 5.41) is 17.9. The number of rotatable bonds is 7. The Bertz CT molecular complexity index is 549. The predicted molar refractivity (Wildman–Crippen MR) is 73.8 cm³/mol. The third kappa shape index (κ3) is 3.65. The first kappa shape index (κ1) is 13.3. The smallest absolute Gasteiger partial charge is 0.108 e. The quantitative estimate of drug-likeness (QED) is 0.837. The lowest BCUT2D eigenvalue weighted by atomic mass is 10.2. The fraction of sp³-hybridized carbons (Fsp3) is 0.467. The van der Waals surface area contributed by atoms with Crippen molar-refractivity contribution in [2.45, 2.75) is 44.6 Å². The molecule has 0 atom stereocenters. The van der Waals surface area contributed by atoms with E-state index in [0.29, 0.717) is 19.8 Å². The number of aromatic nitrogens is 3. The topological polar surface area (TPSA) is 60.2 Å². The molecule has 20 heavy (non-hydrogen) atoms. The van der Waals surface area contributed by atoms with E-state index >= 15 is 0 Å². The van der Waals surface area contributed by atoms with Crippen LogP contribution in [0.1, 0.15) is 30.5 Å². The number of hydrogen-bond acceptors (Lipinski definition) is 4. The molecule has 0 aliphatic heterocycles.